The van der Waals surface area contributed by atoms with Crippen molar-refractivity contribution in [1.29, 1.82) is 0 Å². The van der Waals surface area contributed by atoms with Crippen LogP contribution in [0.15, 0.2) is 48.8 Å². The van der Waals surface area contributed by atoms with E-state index in [2.05, 4.69) is 25.8 Å². The molecule has 2 aromatic heterocycles. The summed E-state index contributed by atoms with van der Waals surface area (Å²) in [5.41, 5.74) is 2.00. The van der Waals surface area contributed by atoms with Gasteiger partial charge in [-0.1, -0.05) is 29.5 Å². The summed E-state index contributed by atoms with van der Waals surface area (Å²) in [7, 11) is 1.64. The third kappa shape index (κ3) is 4.98. The Morgan fingerprint density at radius 2 is 2.08 bits per heavy atom. The van der Waals surface area contributed by atoms with Gasteiger partial charge in [0.1, 0.15) is 10.8 Å². The van der Waals surface area contributed by atoms with E-state index < -0.39 is 0 Å². The molecule has 0 unspecified atom stereocenters. The Bertz CT molecular complexity index is 838. The van der Waals surface area contributed by atoms with E-state index in [0.717, 1.165) is 21.9 Å². The minimum atomic E-state index is -0.326. The summed E-state index contributed by atoms with van der Waals surface area (Å²) < 4.78 is 5.21. The van der Waals surface area contributed by atoms with Crippen LogP contribution in [0.2, 0.25) is 0 Å². The summed E-state index contributed by atoms with van der Waals surface area (Å²) in [6, 6.07) is 11.2. The largest absolute Gasteiger partial charge is 0.497 e. The number of hydrogen-bond donors (Lipinski definition) is 2. The molecule has 0 radical (unpaired) electrons. The van der Waals surface area contributed by atoms with Crippen LogP contribution < -0.4 is 15.4 Å². The van der Waals surface area contributed by atoms with Crippen LogP contribution in [-0.2, 0) is 13.0 Å². The van der Waals surface area contributed by atoms with Gasteiger partial charge < -0.3 is 10.1 Å². The average Bonchev–Trinajstić information content (AvgIpc) is 3.07. The number of aromatic nitrogens is 3. The average molecular weight is 355 g/mol. The monoisotopic (exact) mass is 355 g/mol. The molecule has 0 saturated heterocycles. The molecule has 3 rings (SSSR count). The molecule has 1 aromatic carbocycles. The predicted octanol–water partition coefficient (Wildman–Crippen LogP) is 2.85. The van der Waals surface area contributed by atoms with Gasteiger partial charge >= 0.3 is 6.03 Å². The van der Waals surface area contributed by atoms with E-state index in [9.17, 15) is 4.79 Å². The molecule has 0 bridgehead atoms. The molecule has 0 atom stereocenters. The van der Waals surface area contributed by atoms with Gasteiger partial charge in [0, 0.05) is 25.4 Å². The van der Waals surface area contributed by atoms with Crippen LogP contribution in [0.25, 0.3) is 0 Å². The van der Waals surface area contributed by atoms with E-state index in [4.69, 9.17) is 4.74 Å². The van der Waals surface area contributed by atoms with Crippen molar-refractivity contribution < 1.29 is 9.53 Å². The standard InChI is InChI=1S/C17H17N5O2S/c1-24-14-6-2-4-12(8-14)9-15-21-22-17(25-15)20-16(23)19-11-13-5-3-7-18-10-13/h2-8,10H,9,11H2,1H3,(H2,19,20,22,23). The number of benzene rings is 1. The van der Waals surface area contributed by atoms with Crippen LogP contribution in [0, 0.1) is 0 Å². The third-order valence-corrected chi connectivity index (χ3v) is 4.19. The predicted molar refractivity (Wildman–Crippen MR) is 95.8 cm³/mol. The van der Waals surface area contributed by atoms with E-state index >= 15 is 0 Å². The highest BCUT2D eigenvalue weighted by Crippen LogP contribution is 2.20. The second-order valence-corrected chi connectivity index (χ2v) is 6.26. The maximum absolute atomic E-state index is 11.9. The number of pyridine rings is 1. The second kappa shape index (κ2) is 8.20. The Morgan fingerprint density at radius 1 is 1.20 bits per heavy atom. The summed E-state index contributed by atoms with van der Waals surface area (Å²) in [5.74, 6) is 0.801. The molecule has 3 aromatic rings. The van der Waals surface area contributed by atoms with Crippen molar-refractivity contribution >= 4 is 22.5 Å². The fourth-order valence-electron chi connectivity index (χ4n) is 2.16. The van der Waals surface area contributed by atoms with E-state index in [0.29, 0.717) is 18.1 Å². The number of rotatable bonds is 6. The number of nitrogens with zero attached hydrogens (tertiary/aromatic N) is 3. The van der Waals surface area contributed by atoms with Gasteiger partial charge in [-0.25, -0.2) is 4.79 Å². The van der Waals surface area contributed by atoms with E-state index in [1.165, 1.54) is 11.3 Å². The number of hydrogen-bond acceptors (Lipinski definition) is 6. The molecule has 0 saturated carbocycles. The first-order valence-electron chi connectivity index (χ1n) is 7.62. The van der Waals surface area contributed by atoms with Gasteiger partial charge in [-0.2, -0.15) is 0 Å². The Balaban J connectivity index is 1.53. The highest BCUT2D eigenvalue weighted by Gasteiger charge is 2.09. The summed E-state index contributed by atoms with van der Waals surface area (Å²) in [5, 5.41) is 14.8. The van der Waals surface area contributed by atoms with Crippen LogP contribution in [0.4, 0.5) is 9.93 Å². The number of amides is 2. The molecule has 0 aliphatic rings. The molecular formula is C17H17N5O2S. The van der Waals surface area contributed by atoms with Crippen molar-refractivity contribution in [2.75, 3.05) is 12.4 Å². The zero-order valence-electron chi connectivity index (χ0n) is 13.6. The fraction of sp³-hybridized carbons (Fsp3) is 0.176. The van der Waals surface area contributed by atoms with Gasteiger partial charge in [-0.3, -0.25) is 10.3 Å². The van der Waals surface area contributed by atoms with Gasteiger partial charge in [0.05, 0.1) is 7.11 Å². The van der Waals surface area contributed by atoms with Crippen molar-refractivity contribution in [2.24, 2.45) is 0 Å². The van der Waals surface area contributed by atoms with Crippen molar-refractivity contribution in [3.8, 4) is 5.75 Å². The first kappa shape index (κ1) is 16.8. The molecule has 0 aliphatic carbocycles. The number of anilines is 1. The maximum Gasteiger partial charge on any atom is 0.321 e. The zero-order chi connectivity index (χ0) is 17.5. The van der Waals surface area contributed by atoms with E-state index in [1.54, 1.807) is 19.5 Å². The highest BCUT2D eigenvalue weighted by atomic mass is 32.1. The minimum absolute atomic E-state index is 0.326. The number of carbonyl (C=O) groups excluding carboxylic acids is 1. The Labute approximate surface area is 149 Å². The molecule has 128 valence electrons. The molecule has 25 heavy (non-hydrogen) atoms. The quantitative estimate of drug-likeness (QED) is 0.710. The number of nitrogens with one attached hydrogen (secondary N) is 2. The van der Waals surface area contributed by atoms with Gasteiger partial charge in [0.2, 0.25) is 5.13 Å². The van der Waals surface area contributed by atoms with Crippen LogP contribution in [0.1, 0.15) is 16.1 Å². The third-order valence-electron chi connectivity index (χ3n) is 3.35. The lowest BCUT2D eigenvalue weighted by Gasteiger charge is -2.04. The molecule has 2 N–H and O–H groups in total. The van der Waals surface area contributed by atoms with Gasteiger partial charge in [0.25, 0.3) is 0 Å². The number of ether oxygens (including phenoxy) is 1. The minimum Gasteiger partial charge on any atom is -0.497 e. The first-order chi connectivity index (χ1) is 12.2. The smallest absolute Gasteiger partial charge is 0.321 e. The Morgan fingerprint density at radius 3 is 2.88 bits per heavy atom. The Kier molecular flexibility index (Phi) is 5.53. The van der Waals surface area contributed by atoms with Crippen LogP contribution >= 0.6 is 11.3 Å². The second-order valence-electron chi connectivity index (χ2n) is 5.20. The number of methoxy groups -OCH3 is 1. The number of urea groups is 1. The van der Waals surface area contributed by atoms with Crippen LogP contribution in [0.3, 0.4) is 0 Å². The molecule has 0 spiro atoms. The maximum atomic E-state index is 11.9. The van der Waals surface area contributed by atoms with Crippen molar-refractivity contribution in [3.63, 3.8) is 0 Å². The summed E-state index contributed by atoms with van der Waals surface area (Å²) >= 11 is 1.34. The van der Waals surface area contributed by atoms with E-state index in [-0.39, 0.29) is 6.03 Å². The van der Waals surface area contributed by atoms with Crippen LogP contribution in [-0.4, -0.2) is 28.3 Å². The Hall–Kier alpha value is -3.00. The molecule has 7 nitrogen and oxygen atoms in total. The first-order valence-corrected chi connectivity index (χ1v) is 8.43. The lowest BCUT2D eigenvalue weighted by atomic mass is 10.1. The fourth-order valence-corrected chi connectivity index (χ4v) is 2.93. The molecule has 8 heteroatoms. The molecule has 2 heterocycles. The summed E-state index contributed by atoms with van der Waals surface area (Å²) in [6.07, 6.45) is 4.03. The van der Waals surface area contributed by atoms with Crippen molar-refractivity contribution in [3.05, 3.63) is 64.9 Å². The molecule has 0 fully saturated rings. The normalized spacial score (nSPS) is 10.3. The van der Waals surface area contributed by atoms with Gasteiger partial charge in [-0.15, -0.1) is 10.2 Å². The van der Waals surface area contributed by atoms with Crippen molar-refractivity contribution in [2.45, 2.75) is 13.0 Å². The zero-order valence-corrected chi connectivity index (χ0v) is 14.4. The lowest BCUT2D eigenvalue weighted by Crippen LogP contribution is -2.28. The highest BCUT2D eigenvalue weighted by molar-refractivity contribution is 7.15. The van der Waals surface area contributed by atoms with Gasteiger partial charge in [-0.05, 0) is 29.3 Å². The number of carbonyl (C=O) groups is 1. The summed E-state index contributed by atoms with van der Waals surface area (Å²) in [4.78, 5) is 15.9. The molecular weight excluding hydrogens is 338 g/mol. The lowest BCUT2D eigenvalue weighted by molar-refractivity contribution is 0.251. The molecule has 2 amide bonds. The van der Waals surface area contributed by atoms with Crippen LogP contribution in [0.5, 0.6) is 5.75 Å². The topological polar surface area (TPSA) is 89.0 Å². The van der Waals surface area contributed by atoms with Crippen molar-refractivity contribution in [1.82, 2.24) is 20.5 Å². The van der Waals surface area contributed by atoms with E-state index in [1.807, 2.05) is 36.4 Å². The summed E-state index contributed by atoms with van der Waals surface area (Å²) in [6.45, 7) is 0.398. The van der Waals surface area contributed by atoms with Gasteiger partial charge in [0.15, 0.2) is 0 Å². The SMILES string of the molecule is COc1cccc(Cc2nnc(NC(=O)NCc3cccnc3)s2)c1. The molecule has 0 aliphatic heterocycles.